The van der Waals surface area contributed by atoms with E-state index in [2.05, 4.69) is 10.3 Å². The Kier molecular flexibility index (Phi) is 3.50. The summed E-state index contributed by atoms with van der Waals surface area (Å²) in [6, 6.07) is 11.1. The molecule has 2 aromatic rings. The van der Waals surface area contributed by atoms with Crippen molar-refractivity contribution in [2.45, 2.75) is 0 Å². The van der Waals surface area contributed by atoms with Crippen LogP contribution in [-0.2, 0) is 0 Å². The molecule has 3 heteroatoms. The lowest BCUT2D eigenvalue weighted by atomic mass is 10.1. The van der Waals surface area contributed by atoms with Gasteiger partial charge in [-0.15, -0.1) is 0 Å². The Labute approximate surface area is 99.8 Å². The fourth-order valence-corrected chi connectivity index (χ4v) is 1.44. The van der Waals surface area contributed by atoms with Crippen molar-refractivity contribution in [3.63, 3.8) is 0 Å². The second kappa shape index (κ2) is 5.25. The number of aromatic nitrogens is 1. The zero-order chi connectivity index (χ0) is 12.1. The van der Waals surface area contributed by atoms with Gasteiger partial charge in [0.1, 0.15) is 0 Å². The average Bonchev–Trinajstić information content (AvgIpc) is 2.39. The number of halogens is 1. The summed E-state index contributed by atoms with van der Waals surface area (Å²) >= 11 is 0. The van der Waals surface area contributed by atoms with Gasteiger partial charge in [-0.25, -0.2) is 4.98 Å². The van der Waals surface area contributed by atoms with Gasteiger partial charge in [0.2, 0.25) is 5.95 Å². The largest absolute Gasteiger partial charge is 0.388 e. The van der Waals surface area contributed by atoms with Crippen molar-refractivity contribution in [2.75, 3.05) is 12.4 Å². The molecule has 1 heterocycles. The van der Waals surface area contributed by atoms with Crippen LogP contribution in [0.1, 0.15) is 11.1 Å². The Balaban J connectivity index is 2.11. The Bertz CT molecular complexity index is 501. The lowest BCUT2D eigenvalue weighted by Gasteiger charge is -1.99. The molecular weight excluding hydrogens is 215 g/mol. The van der Waals surface area contributed by atoms with Crippen LogP contribution >= 0.6 is 0 Å². The minimum absolute atomic E-state index is 0.458. The molecule has 1 aromatic heterocycles. The zero-order valence-corrected chi connectivity index (χ0v) is 9.52. The van der Waals surface area contributed by atoms with Crippen LogP contribution in [0.25, 0.3) is 12.2 Å². The van der Waals surface area contributed by atoms with Crippen LogP contribution in [0.3, 0.4) is 0 Å². The Hall–Kier alpha value is -2.16. The number of nitrogens with one attached hydrogen (secondary N) is 1. The Morgan fingerprint density at radius 2 is 1.65 bits per heavy atom. The van der Waals surface area contributed by atoms with Crippen molar-refractivity contribution in [1.82, 2.24) is 4.98 Å². The summed E-state index contributed by atoms with van der Waals surface area (Å²) in [5.41, 5.74) is 3.04. The lowest BCUT2D eigenvalue weighted by Crippen LogP contribution is -1.86. The van der Waals surface area contributed by atoms with Gasteiger partial charge in [-0.2, -0.15) is 4.39 Å². The molecular formula is C14H13FN2. The van der Waals surface area contributed by atoms with E-state index < -0.39 is 5.95 Å². The quantitative estimate of drug-likeness (QED) is 0.814. The molecule has 0 atom stereocenters. The molecule has 0 aliphatic rings. The summed E-state index contributed by atoms with van der Waals surface area (Å²) in [6.07, 6.45) is 5.38. The van der Waals surface area contributed by atoms with E-state index >= 15 is 0 Å². The maximum Gasteiger partial charge on any atom is 0.212 e. The average molecular weight is 228 g/mol. The van der Waals surface area contributed by atoms with Crippen LogP contribution in [0.5, 0.6) is 0 Å². The van der Waals surface area contributed by atoms with Gasteiger partial charge >= 0.3 is 0 Å². The van der Waals surface area contributed by atoms with Gasteiger partial charge in [0.15, 0.2) is 0 Å². The highest BCUT2D eigenvalue weighted by molar-refractivity contribution is 5.69. The second-order valence-electron chi connectivity index (χ2n) is 3.62. The third-order valence-electron chi connectivity index (χ3n) is 2.42. The molecule has 17 heavy (non-hydrogen) atoms. The SMILES string of the molecule is CNc1ccc(/C=C/c2ccc(F)nc2)cc1. The molecule has 1 aromatic carbocycles. The first-order valence-electron chi connectivity index (χ1n) is 5.35. The predicted molar refractivity (Wildman–Crippen MR) is 69.1 cm³/mol. The molecule has 0 spiro atoms. The van der Waals surface area contributed by atoms with Gasteiger partial charge in [-0.1, -0.05) is 24.3 Å². The van der Waals surface area contributed by atoms with Gasteiger partial charge < -0.3 is 5.32 Å². The molecule has 0 unspecified atom stereocenters. The second-order valence-corrected chi connectivity index (χ2v) is 3.62. The fourth-order valence-electron chi connectivity index (χ4n) is 1.44. The van der Waals surface area contributed by atoms with Crippen molar-refractivity contribution in [2.24, 2.45) is 0 Å². The first kappa shape index (κ1) is 11.3. The highest BCUT2D eigenvalue weighted by Gasteiger charge is 1.91. The van der Waals surface area contributed by atoms with E-state index in [1.54, 1.807) is 6.07 Å². The molecule has 0 bridgehead atoms. The molecule has 0 fully saturated rings. The van der Waals surface area contributed by atoms with Gasteiger partial charge in [0, 0.05) is 18.9 Å². The van der Waals surface area contributed by atoms with Gasteiger partial charge in [-0.3, -0.25) is 0 Å². The van der Waals surface area contributed by atoms with E-state index in [0.717, 1.165) is 16.8 Å². The van der Waals surface area contributed by atoms with E-state index in [-0.39, 0.29) is 0 Å². The van der Waals surface area contributed by atoms with Crippen LogP contribution in [0.4, 0.5) is 10.1 Å². The van der Waals surface area contributed by atoms with Gasteiger partial charge in [0.05, 0.1) is 0 Å². The smallest absolute Gasteiger partial charge is 0.212 e. The minimum Gasteiger partial charge on any atom is -0.388 e. The third kappa shape index (κ3) is 3.14. The van der Waals surface area contributed by atoms with Crippen molar-refractivity contribution < 1.29 is 4.39 Å². The molecule has 0 radical (unpaired) electrons. The number of hydrogen-bond donors (Lipinski definition) is 1. The first-order chi connectivity index (χ1) is 8.28. The summed E-state index contributed by atoms with van der Waals surface area (Å²) in [4.78, 5) is 3.59. The van der Waals surface area contributed by atoms with E-state index in [9.17, 15) is 4.39 Å². The molecule has 2 nitrogen and oxygen atoms in total. The van der Waals surface area contributed by atoms with Crippen molar-refractivity contribution in [3.8, 4) is 0 Å². The Morgan fingerprint density at radius 3 is 2.24 bits per heavy atom. The van der Waals surface area contributed by atoms with Crippen LogP contribution in [0.15, 0.2) is 42.6 Å². The maximum atomic E-state index is 12.6. The number of rotatable bonds is 3. The van der Waals surface area contributed by atoms with Crippen molar-refractivity contribution in [1.29, 1.82) is 0 Å². The van der Waals surface area contributed by atoms with Gasteiger partial charge in [-0.05, 0) is 35.4 Å². The van der Waals surface area contributed by atoms with Crippen LogP contribution in [-0.4, -0.2) is 12.0 Å². The molecule has 86 valence electrons. The summed E-state index contributed by atoms with van der Waals surface area (Å²) in [6.45, 7) is 0. The first-order valence-corrected chi connectivity index (χ1v) is 5.35. The normalized spacial score (nSPS) is 10.7. The maximum absolute atomic E-state index is 12.6. The van der Waals surface area contributed by atoms with Crippen molar-refractivity contribution in [3.05, 3.63) is 59.7 Å². The minimum atomic E-state index is -0.458. The number of benzene rings is 1. The highest BCUT2D eigenvalue weighted by atomic mass is 19.1. The van der Waals surface area contributed by atoms with E-state index in [0.29, 0.717) is 0 Å². The number of nitrogens with zero attached hydrogens (tertiary/aromatic N) is 1. The zero-order valence-electron chi connectivity index (χ0n) is 9.52. The number of pyridine rings is 1. The van der Waals surface area contributed by atoms with Crippen LogP contribution in [0, 0.1) is 5.95 Å². The summed E-state index contributed by atoms with van der Waals surface area (Å²) < 4.78 is 12.6. The van der Waals surface area contributed by atoms with Gasteiger partial charge in [0.25, 0.3) is 0 Å². The monoisotopic (exact) mass is 228 g/mol. The number of anilines is 1. The fraction of sp³-hybridized carbons (Fsp3) is 0.0714. The topological polar surface area (TPSA) is 24.9 Å². The molecule has 2 rings (SSSR count). The summed E-state index contributed by atoms with van der Waals surface area (Å²) in [5, 5.41) is 3.06. The molecule has 0 aliphatic heterocycles. The van der Waals surface area contributed by atoms with Crippen LogP contribution in [0.2, 0.25) is 0 Å². The van der Waals surface area contributed by atoms with E-state index in [4.69, 9.17) is 0 Å². The Morgan fingerprint density at radius 1 is 1.00 bits per heavy atom. The summed E-state index contributed by atoms with van der Waals surface area (Å²) in [5.74, 6) is -0.458. The predicted octanol–water partition coefficient (Wildman–Crippen LogP) is 3.43. The molecule has 0 saturated heterocycles. The van der Waals surface area contributed by atoms with E-state index in [1.165, 1.54) is 12.3 Å². The molecule has 0 saturated carbocycles. The molecule has 0 amide bonds. The molecule has 0 aliphatic carbocycles. The van der Waals surface area contributed by atoms with E-state index in [1.807, 2.05) is 43.5 Å². The number of hydrogen-bond acceptors (Lipinski definition) is 2. The third-order valence-corrected chi connectivity index (χ3v) is 2.42. The standard InChI is InChI=1S/C14H13FN2/c1-16-13-7-4-11(5-8-13)2-3-12-6-9-14(15)17-10-12/h2-10,16H,1H3/b3-2+. The molecule has 1 N–H and O–H groups in total. The van der Waals surface area contributed by atoms with Crippen LogP contribution < -0.4 is 5.32 Å². The summed E-state index contributed by atoms with van der Waals surface area (Å²) in [7, 11) is 1.88. The van der Waals surface area contributed by atoms with Crippen molar-refractivity contribution >= 4 is 17.8 Å². The lowest BCUT2D eigenvalue weighted by molar-refractivity contribution is 0.583. The highest BCUT2D eigenvalue weighted by Crippen LogP contribution is 2.11.